The van der Waals surface area contributed by atoms with Gasteiger partial charge in [0.05, 0.1) is 11.4 Å². The molecule has 0 saturated carbocycles. The van der Waals surface area contributed by atoms with Crippen LogP contribution in [-0.2, 0) is 9.59 Å². The molecule has 0 fully saturated rings. The Labute approximate surface area is 161 Å². The lowest BCUT2D eigenvalue weighted by atomic mass is 10.1. The number of nitrogens with zero attached hydrogens (tertiary/aromatic N) is 3. The van der Waals surface area contributed by atoms with E-state index in [9.17, 15) is 14.4 Å². The van der Waals surface area contributed by atoms with Crippen molar-refractivity contribution in [2.24, 2.45) is 16.1 Å². The van der Waals surface area contributed by atoms with Crippen LogP contribution >= 0.6 is 0 Å². The fraction of sp³-hybridized carbons (Fsp3) is 0.150. The number of hydrogen-bond donors (Lipinski definition) is 2. The van der Waals surface area contributed by atoms with E-state index in [-0.39, 0.29) is 11.8 Å². The molecule has 1 heterocycles. The number of carbonyl (C=O) groups is 3. The Morgan fingerprint density at radius 1 is 1.14 bits per heavy atom. The monoisotopic (exact) mass is 377 g/mol. The van der Waals surface area contributed by atoms with E-state index in [1.54, 1.807) is 37.3 Å². The van der Waals surface area contributed by atoms with Gasteiger partial charge in [0.1, 0.15) is 5.92 Å². The van der Waals surface area contributed by atoms with Crippen LogP contribution in [0.3, 0.4) is 0 Å². The predicted octanol–water partition coefficient (Wildman–Crippen LogP) is 2.40. The zero-order valence-corrected chi connectivity index (χ0v) is 15.4. The minimum atomic E-state index is -0.647. The quantitative estimate of drug-likeness (QED) is 0.618. The van der Waals surface area contributed by atoms with Crippen molar-refractivity contribution in [1.29, 1.82) is 0 Å². The normalized spacial score (nSPS) is 16.2. The molecule has 28 heavy (non-hydrogen) atoms. The second kappa shape index (κ2) is 8.26. The van der Waals surface area contributed by atoms with Gasteiger partial charge in [-0.05, 0) is 37.3 Å². The van der Waals surface area contributed by atoms with Crippen LogP contribution in [-0.4, -0.2) is 29.6 Å². The van der Waals surface area contributed by atoms with Crippen molar-refractivity contribution < 1.29 is 14.4 Å². The Bertz CT molecular complexity index is 969. The molecule has 3 rings (SSSR count). The summed E-state index contributed by atoms with van der Waals surface area (Å²) in [5, 5.41) is 12.1. The Balaban J connectivity index is 1.65. The van der Waals surface area contributed by atoms with E-state index in [4.69, 9.17) is 0 Å². The predicted molar refractivity (Wildman–Crippen MR) is 107 cm³/mol. The molecular formula is C20H19N5O3. The molecule has 2 N–H and O–H groups in total. The third-order valence-corrected chi connectivity index (χ3v) is 4.02. The first kappa shape index (κ1) is 19.0. The molecular weight excluding hydrogens is 358 g/mol. The highest BCUT2D eigenvalue weighted by atomic mass is 16.2. The highest BCUT2D eigenvalue weighted by Crippen LogP contribution is 2.22. The first-order chi connectivity index (χ1) is 13.5. The zero-order chi connectivity index (χ0) is 20.1. The van der Waals surface area contributed by atoms with Gasteiger partial charge in [-0.25, -0.2) is 5.43 Å². The zero-order valence-electron chi connectivity index (χ0n) is 15.4. The number of anilines is 2. The van der Waals surface area contributed by atoms with Crippen molar-refractivity contribution in [3.8, 4) is 0 Å². The van der Waals surface area contributed by atoms with Crippen LogP contribution in [0.25, 0.3) is 0 Å². The number of para-hydroxylation sites is 1. The van der Waals surface area contributed by atoms with Gasteiger partial charge in [0.25, 0.3) is 11.8 Å². The van der Waals surface area contributed by atoms with Gasteiger partial charge in [0.15, 0.2) is 0 Å². The highest BCUT2D eigenvalue weighted by Gasteiger charge is 2.33. The van der Waals surface area contributed by atoms with Crippen LogP contribution < -0.4 is 15.8 Å². The second-order valence-corrected chi connectivity index (χ2v) is 6.19. The van der Waals surface area contributed by atoms with Crippen molar-refractivity contribution in [3.63, 3.8) is 0 Å². The van der Waals surface area contributed by atoms with E-state index < -0.39 is 11.8 Å². The lowest BCUT2D eigenvalue weighted by Gasteiger charge is -2.12. The lowest BCUT2D eigenvalue weighted by molar-refractivity contribution is -0.118. The van der Waals surface area contributed by atoms with Gasteiger partial charge >= 0.3 is 0 Å². The van der Waals surface area contributed by atoms with Crippen molar-refractivity contribution >= 4 is 41.0 Å². The Kier molecular flexibility index (Phi) is 5.59. The van der Waals surface area contributed by atoms with Crippen LogP contribution in [0.5, 0.6) is 0 Å². The maximum atomic E-state index is 12.6. The molecule has 142 valence electrons. The summed E-state index contributed by atoms with van der Waals surface area (Å²) in [7, 11) is 0. The number of rotatable bonds is 5. The average molecular weight is 377 g/mol. The summed E-state index contributed by atoms with van der Waals surface area (Å²) in [6.07, 6.45) is 1.36. The molecule has 0 aromatic heterocycles. The highest BCUT2D eigenvalue weighted by molar-refractivity contribution is 6.23. The Hall–Kier alpha value is -3.81. The van der Waals surface area contributed by atoms with Crippen LogP contribution in [0.1, 0.15) is 24.2 Å². The molecule has 1 aliphatic heterocycles. The van der Waals surface area contributed by atoms with Crippen molar-refractivity contribution in [2.75, 3.05) is 10.3 Å². The Morgan fingerprint density at radius 2 is 1.89 bits per heavy atom. The molecule has 8 nitrogen and oxygen atoms in total. The van der Waals surface area contributed by atoms with Gasteiger partial charge in [0, 0.05) is 24.4 Å². The first-order valence-electron chi connectivity index (χ1n) is 8.61. The van der Waals surface area contributed by atoms with Crippen LogP contribution in [0.2, 0.25) is 0 Å². The summed E-state index contributed by atoms with van der Waals surface area (Å²) in [6.45, 7) is 3.12. The molecule has 0 spiro atoms. The van der Waals surface area contributed by atoms with Gasteiger partial charge < -0.3 is 5.32 Å². The summed E-state index contributed by atoms with van der Waals surface area (Å²) >= 11 is 0. The molecule has 2 aromatic rings. The van der Waals surface area contributed by atoms with Crippen LogP contribution in [0.4, 0.5) is 11.4 Å². The SMILES string of the molecule is CC(=O)Nc1cccc(C(=O)NN=CC2C(=O)N(c3ccccc3)N=C2C)c1. The van der Waals surface area contributed by atoms with Gasteiger partial charge in [-0.15, -0.1) is 0 Å². The number of benzene rings is 2. The minimum absolute atomic E-state index is 0.229. The Morgan fingerprint density at radius 3 is 2.61 bits per heavy atom. The third-order valence-electron chi connectivity index (χ3n) is 4.02. The number of hydrazone groups is 2. The molecule has 1 aliphatic rings. The molecule has 0 bridgehead atoms. The molecule has 0 radical (unpaired) electrons. The van der Waals surface area contributed by atoms with Crippen LogP contribution in [0.15, 0.2) is 64.8 Å². The molecule has 8 heteroatoms. The van der Waals surface area contributed by atoms with Crippen molar-refractivity contribution in [2.45, 2.75) is 13.8 Å². The topological polar surface area (TPSA) is 103 Å². The lowest BCUT2D eigenvalue weighted by Crippen LogP contribution is -2.29. The number of amides is 3. The van der Waals surface area contributed by atoms with E-state index in [0.717, 1.165) is 0 Å². The van der Waals surface area contributed by atoms with E-state index in [0.29, 0.717) is 22.6 Å². The maximum absolute atomic E-state index is 12.6. The smallest absolute Gasteiger partial charge is 0.271 e. The van der Waals surface area contributed by atoms with Gasteiger partial charge in [-0.1, -0.05) is 24.3 Å². The molecule has 1 unspecified atom stereocenters. The maximum Gasteiger partial charge on any atom is 0.271 e. The largest absolute Gasteiger partial charge is 0.326 e. The van der Waals surface area contributed by atoms with Crippen molar-refractivity contribution in [1.82, 2.24) is 5.43 Å². The minimum Gasteiger partial charge on any atom is -0.326 e. The van der Waals surface area contributed by atoms with Gasteiger partial charge in [-0.3, -0.25) is 14.4 Å². The van der Waals surface area contributed by atoms with Gasteiger partial charge in [-0.2, -0.15) is 15.2 Å². The molecule has 0 saturated heterocycles. The summed E-state index contributed by atoms with van der Waals surface area (Å²) in [4.78, 5) is 35.9. The summed E-state index contributed by atoms with van der Waals surface area (Å²) < 4.78 is 0. The van der Waals surface area contributed by atoms with E-state index >= 15 is 0 Å². The number of nitrogens with one attached hydrogen (secondary N) is 2. The fourth-order valence-corrected chi connectivity index (χ4v) is 2.68. The average Bonchev–Trinajstić information content (AvgIpc) is 2.96. The number of hydrogen-bond acceptors (Lipinski definition) is 5. The first-order valence-corrected chi connectivity index (χ1v) is 8.61. The molecule has 3 amide bonds. The molecule has 2 aromatic carbocycles. The molecule has 0 aliphatic carbocycles. The van der Waals surface area contributed by atoms with Crippen LogP contribution in [0, 0.1) is 5.92 Å². The fourth-order valence-electron chi connectivity index (χ4n) is 2.68. The second-order valence-electron chi connectivity index (χ2n) is 6.19. The van der Waals surface area contributed by atoms with E-state index in [2.05, 4.69) is 20.9 Å². The van der Waals surface area contributed by atoms with Crippen molar-refractivity contribution in [3.05, 3.63) is 60.2 Å². The third kappa shape index (κ3) is 4.29. The number of carbonyl (C=O) groups excluding carboxylic acids is 3. The van der Waals surface area contributed by atoms with E-state index in [1.807, 2.05) is 18.2 Å². The van der Waals surface area contributed by atoms with E-state index in [1.165, 1.54) is 24.2 Å². The summed E-state index contributed by atoms with van der Waals surface area (Å²) in [5.41, 5.74) is 4.49. The molecule has 1 atom stereocenters. The summed E-state index contributed by atoms with van der Waals surface area (Å²) in [5.74, 6) is -1.57. The summed E-state index contributed by atoms with van der Waals surface area (Å²) in [6, 6.07) is 15.5. The standard InChI is InChI=1S/C20H19N5O3/c1-13-18(20(28)25(24-13)17-9-4-3-5-10-17)12-21-23-19(27)15-7-6-8-16(11-15)22-14(2)26/h3-12,18H,1-2H3,(H,22,26)(H,23,27). The van der Waals surface area contributed by atoms with Gasteiger partial charge in [0.2, 0.25) is 5.91 Å².